The van der Waals surface area contributed by atoms with E-state index in [1.165, 1.54) is 0 Å². The topological polar surface area (TPSA) is 118 Å². The summed E-state index contributed by atoms with van der Waals surface area (Å²) in [6.45, 7) is 7.16. The molecule has 2 heterocycles. The fraction of sp³-hybridized carbons (Fsp3) is 0.545. The number of amides is 1. The van der Waals surface area contributed by atoms with E-state index in [9.17, 15) is 19.5 Å². The van der Waals surface area contributed by atoms with Crippen molar-refractivity contribution >= 4 is 17.5 Å². The summed E-state index contributed by atoms with van der Waals surface area (Å²) in [5.41, 5.74) is 0.900. The first kappa shape index (κ1) is 31.8. The number of Topliss-reactive ketones (excluding diaryl/α,β-unsaturated/α-hetero) is 2. The van der Waals surface area contributed by atoms with Crippen LogP contribution in [0.1, 0.15) is 37.8 Å². The zero-order valence-corrected chi connectivity index (χ0v) is 24.9. The van der Waals surface area contributed by atoms with Crippen molar-refractivity contribution in [3.05, 3.63) is 65.7 Å². The molecule has 2 N–H and O–H groups in total. The van der Waals surface area contributed by atoms with E-state index in [0.717, 1.165) is 24.2 Å². The van der Waals surface area contributed by atoms with E-state index in [4.69, 9.17) is 14.2 Å². The van der Waals surface area contributed by atoms with Crippen molar-refractivity contribution in [2.45, 2.75) is 57.3 Å². The van der Waals surface area contributed by atoms with Gasteiger partial charge in [0.15, 0.2) is 5.78 Å². The number of ether oxygens (including phenoxy) is 3. The van der Waals surface area contributed by atoms with E-state index < -0.39 is 29.6 Å². The Kier molecular flexibility index (Phi) is 11.3. The minimum Gasteiger partial charge on any atom is -0.497 e. The molecule has 5 atom stereocenters. The van der Waals surface area contributed by atoms with Crippen molar-refractivity contribution in [3.63, 3.8) is 0 Å². The van der Waals surface area contributed by atoms with Crippen molar-refractivity contribution in [1.29, 1.82) is 0 Å². The summed E-state index contributed by atoms with van der Waals surface area (Å²) in [4.78, 5) is 42.8. The lowest BCUT2D eigenvalue weighted by Gasteiger charge is -2.29. The molecule has 2 aliphatic heterocycles. The van der Waals surface area contributed by atoms with Gasteiger partial charge < -0.3 is 24.6 Å². The summed E-state index contributed by atoms with van der Waals surface area (Å²) in [7, 11) is 1.59. The molecule has 0 aromatic heterocycles. The molecule has 0 saturated carbocycles. The molecular weight excluding hydrogens is 536 g/mol. The summed E-state index contributed by atoms with van der Waals surface area (Å²) in [5.74, 6) is -1.03. The molecule has 0 radical (unpaired) electrons. The van der Waals surface area contributed by atoms with Crippen LogP contribution in [0.15, 0.2) is 54.6 Å². The molecule has 228 valence electrons. The Morgan fingerprint density at radius 1 is 1.02 bits per heavy atom. The third kappa shape index (κ3) is 9.19. The number of carbonyl (C=O) groups excluding carboxylic acids is 3. The maximum atomic E-state index is 13.8. The number of rotatable bonds is 16. The fourth-order valence-electron chi connectivity index (χ4n) is 5.41. The van der Waals surface area contributed by atoms with Gasteiger partial charge in [0.1, 0.15) is 17.1 Å². The molecule has 1 amide bonds. The van der Waals surface area contributed by atoms with E-state index in [0.29, 0.717) is 51.4 Å². The van der Waals surface area contributed by atoms with Crippen LogP contribution in [0.3, 0.4) is 0 Å². The Labute approximate surface area is 248 Å². The fourth-order valence-corrected chi connectivity index (χ4v) is 5.41. The van der Waals surface area contributed by atoms with Crippen LogP contribution < -0.4 is 10.1 Å². The summed E-state index contributed by atoms with van der Waals surface area (Å²) < 4.78 is 16.1. The van der Waals surface area contributed by atoms with Gasteiger partial charge in [0.2, 0.25) is 5.91 Å². The van der Waals surface area contributed by atoms with Crippen molar-refractivity contribution in [2.75, 3.05) is 46.6 Å². The van der Waals surface area contributed by atoms with Gasteiger partial charge in [0.25, 0.3) is 0 Å². The quantitative estimate of drug-likeness (QED) is 0.291. The number of carbonyl (C=O) groups is 3. The first-order valence-electron chi connectivity index (χ1n) is 14.8. The predicted octanol–water partition coefficient (Wildman–Crippen LogP) is 2.62. The van der Waals surface area contributed by atoms with Gasteiger partial charge in [-0.3, -0.25) is 19.3 Å². The van der Waals surface area contributed by atoms with E-state index in [-0.39, 0.29) is 23.9 Å². The van der Waals surface area contributed by atoms with Crippen LogP contribution in [0, 0.1) is 11.8 Å². The number of ketones is 2. The number of nitrogens with zero attached hydrogens (tertiary/aromatic N) is 1. The van der Waals surface area contributed by atoms with E-state index in [1.54, 1.807) is 21.0 Å². The standard InChI is InChI=1S/C33H44N2O7/c1-23(17-27(36)21-35-13-15-41-16-14-35)30(37)20-26(18-25-9-11-28(40-3)12-10-25)32(39)34-29(31(38)33(2)22-42-33)19-24-7-5-4-6-8-24/h4-12,23,26-27,29,36H,13-22H2,1-3H3,(H,34,39)/t23-,26-,27?,29+,33-/m1/s1. The zero-order chi connectivity index (χ0) is 30.1. The van der Waals surface area contributed by atoms with Crippen LogP contribution >= 0.6 is 0 Å². The van der Waals surface area contributed by atoms with Crippen molar-refractivity contribution in [1.82, 2.24) is 10.2 Å². The number of aliphatic hydroxyl groups excluding tert-OH is 1. The van der Waals surface area contributed by atoms with Crippen molar-refractivity contribution < 1.29 is 33.7 Å². The molecule has 4 rings (SSSR count). The highest BCUT2D eigenvalue weighted by Crippen LogP contribution is 2.29. The van der Waals surface area contributed by atoms with Crippen LogP contribution in [0.5, 0.6) is 5.75 Å². The van der Waals surface area contributed by atoms with Gasteiger partial charge in [0.05, 0.1) is 39.1 Å². The van der Waals surface area contributed by atoms with Crippen LogP contribution in [0.25, 0.3) is 0 Å². The highest BCUT2D eigenvalue weighted by molar-refractivity contribution is 5.97. The third-order valence-corrected chi connectivity index (χ3v) is 8.22. The van der Waals surface area contributed by atoms with Crippen LogP contribution in [-0.4, -0.2) is 91.8 Å². The van der Waals surface area contributed by atoms with Crippen molar-refractivity contribution in [2.24, 2.45) is 11.8 Å². The average molecular weight is 581 g/mol. The number of benzene rings is 2. The smallest absolute Gasteiger partial charge is 0.224 e. The summed E-state index contributed by atoms with van der Waals surface area (Å²) >= 11 is 0. The van der Waals surface area contributed by atoms with Gasteiger partial charge in [-0.05, 0) is 49.4 Å². The second-order valence-electron chi connectivity index (χ2n) is 11.8. The van der Waals surface area contributed by atoms with Gasteiger partial charge in [-0.25, -0.2) is 0 Å². The zero-order valence-electron chi connectivity index (χ0n) is 24.9. The molecule has 0 spiro atoms. The number of methoxy groups -OCH3 is 1. The first-order valence-corrected chi connectivity index (χ1v) is 14.8. The molecular formula is C33H44N2O7. The predicted molar refractivity (Wildman–Crippen MR) is 158 cm³/mol. The Bertz CT molecular complexity index is 1180. The number of epoxide rings is 1. The van der Waals surface area contributed by atoms with Gasteiger partial charge in [-0.1, -0.05) is 49.4 Å². The minimum atomic E-state index is -0.904. The summed E-state index contributed by atoms with van der Waals surface area (Å²) in [6, 6.07) is 16.2. The Morgan fingerprint density at radius 2 is 1.67 bits per heavy atom. The Balaban J connectivity index is 1.46. The Hall–Kier alpha value is -3.11. The molecule has 2 saturated heterocycles. The largest absolute Gasteiger partial charge is 0.497 e. The first-order chi connectivity index (χ1) is 20.2. The van der Waals surface area contributed by atoms with Gasteiger partial charge in [0, 0.05) is 37.9 Å². The number of aliphatic hydroxyl groups is 1. The second kappa shape index (κ2) is 14.9. The lowest BCUT2D eigenvalue weighted by atomic mass is 9.87. The third-order valence-electron chi connectivity index (χ3n) is 8.22. The van der Waals surface area contributed by atoms with Crippen LogP contribution in [0.2, 0.25) is 0 Å². The Morgan fingerprint density at radius 3 is 2.29 bits per heavy atom. The van der Waals surface area contributed by atoms with Gasteiger partial charge in [-0.15, -0.1) is 0 Å². The summed E-state index contributed by atoms with van der Waals surface area (Å²) in [5, 5.41) is 13.7. The number of hydrogen-bond donors (Lipinski definition) is 2. The number of nitrogens with one attached hydrogen (secondary N) is 1. The van der Waals surface area contributed by atoms with E-state index in [1.807, 2.05) is 54.6 Å². The SMILES string of the molecule is COc1ccc(C[C@H](CC(=O)[C@H](C)CC(O)CN2CCOCC2)C(=O)N[C@@H](Cc2ccccc2)C(=O)[C@@]2(C)CO2)cc1. The molecule has 0 aliphatic carbocycles. The second-order valence-corrected chi connectivity index (χ2v) is 11.8. The lowest BCUT2D eigenvalue weighted by molar-refractivity contribution is -0.134. The molecule has 2 aliphatic rings. The van der Waals surface area contributed by atoms with Crippen LogP contribution in [0.4, 0.5) is 0 Å². The maximum absolute atomic E-state index is 13.8. The summed E-state index contributed by atoms with van der Waals surface area (Å²) in [6.07, 6.45) is 0.326. The number of β-amino-alcohol motifs (C(OH)–C–C–N with tert-alkyl or cyclic N) is 1. The normalized spacial score (nSPS) is 21.5. The molecule has 9 heteroatoms. The minimum absolute atomic E-state index is 0.00329. The van der Waals surface area contributed by atoms with E-state index >= 15 is 0 Å². The van der Waals surface area contributed by atoms with Crippen molar-refractivity contribution in [3.8, 4) is 5.75 Å². The number of hydrogen-bond acceptors (Lipinski definition) is 8. The average Bonchev–Trinajstić information content (AvgIpc) is 3.75. The van der Waals surface area contributed by atoms with Crippen LogP contribution in [-0.2, 0) is 36.7 Å². The van der Waals surface area contributed by atoms with Gasteiger partial charge >= 0.3 is 0 Å². The molecule has 1 unspecified atom stereocenters. The molecule has 2 aromatic carbocycles. The van der Waals surface area contributed by atoms with E-state index in [2.05, 4.69) is 10.2 Å². The van der Waals surface area contributed by atoms with Gasteiger partial charge in [-0.2, -0.15) is 0 Å². The maximum Gasteiger partial charge on any atom is 0.224 e. The molecule has 0 bridgehead atoms. The molecule has 9 nitrogen and oxygen atoms in total. The lowest BCUT2D eigenvalue weighted by Crippen LogP contribution is -2.49. The molecule has 2 fully saturated rings. The highest BCUT2D eigenvalue weighted by Gasteiger charge is 2.50. The number of morpholine rings is 1. The molecule has 42 heavy (non-hydrogen) atoms. The molecule has 2 aromatic rings. The highest BCUT2D eigenvalue weighted by atomic mass is 16.6. The monoisotopic (exact) mass is 580 g/mol.